The van der Waals surface area contributed by atoms with Crippen molar-refractivity contribution in [3.8, 4) is 5.75 Å². The predicted octanol–water partition coefficient (Wildman–Crippen LogP) is 0.697. The van der Waals surface area contributed by atoms with Crippen LogP contribution in [0.4, 0.5) is 0 Å². The van der Waals surface area contributed by atoms with Crippen molar-refractivity contribution in [2.45, 2.75) is 36.1 Å². The third-order valence-electron chi connectivity index (χ3n) is 4.10. The van der Waals surface area contributed by atoms with Crippen LogP contribution in [0.15, 0.2) is 30.3 Å². The molecule has 2 amide bonds. The van der Waals surface area contributed by atoms with Crippen LogP contribution in [0.5, 0.6) is 5.75 Å². The summed E-state index contributed by atoms with van der Waals surface area (Å²) >= 11 is 1.39. The van der Waals surface area contributed by atoms with Crippen molar-refractivity contribution in [2.75, 3.05) is 6.61 Å². The van der Waals surface area contributed by atoms with E-state index in [1.54, 1.807) is 38.1 Å². The highest BCUT2D eigenvalue weighted by atomic mass is 32.2. The second-order valence-electron chi connectivity index (χ2n) is 6.25. The smallest absolute Gasteiger partial charge is 0.327 e. The van der Waals surface area contributed by atoms with Crippen molar-refractivity contribution in [3.63, 3.8) is 0 Å². The average molecular weight is 350 g/mol. The Balaban J connectivity index is 1.59. The Morgan fingerprint density at radius 1 is 1.33 bits per heavy atom. The standard InChI is InChI=1S/C16H18N2O5S/c1-16(2)12(15(21)22)18-13(20)11(14(18)24-16)17-10(19)8-23-9-6-4-3-5-7-9/h3-7,11-12,14H,8H2,1-2H3,(H,17,19)(H,21,22)/t11?,12-,14+/m0/s1. The van der Waals surface area contributed by atoms with Gasteiger partial charge in [-0.3, -0.25) is 9.59 Å². The van der Waals surface area contributed by atoms with E-state index in [0.717, 1.165) is 0 Å². The van der Waals surface area contributed by atoms with Crippen molar-refractivity contribution in [3.05, 3.63) is 30.3 Å². The molecule has 2 aliphatic heterocycles. The molecule has 0 aromatic heterocycles. The Kier molecular flexibility index (Phi) is 4.16. The lowest BCUT2D eigenvalue weighted by Gasteiger charge is -2.43. The van der Waals surface area contributed by atoms with Crippen LogP contribution >= 0.6 is 11.8 Å². The number of nitrogens with one attached hydrogen (secondary N) is 1. The fourth-order valence-electron chi connectivity index (χ4n) is 3.03. The molecule has 8 heteroatoms. The molecule has 24 heavy (non-hydrogen) atoms. The van der Waals surface area contributed by atoms with Gasteiger partial charge in [-0.15, -0.1) is 11.8 Å². The van der Waals surface area contributed by atoms with Gasteiger partial charge in [-0.2, -0.15) is 0 Å². The summed E-state index contributed by atoms with van der Waals surface area (Å²) < 4.78 is 4.74. The molecule has 2 N–H and O–H groups in total. The Morgan fingerprint density at radius 3 is 2.62 bits per heavy atom. The van der Waals surface area contributed by atoms with Gasteiger partial charge in [0, 0.05) is 4.75 Å². The number of benzene rings is 1. The summed E-state index contributed by atoms with van der Waals surface area (Å²) in [4.78, 5) is 37.0. The molecule has 7 nitrogen and oxygen atoms in total. The third-order valence-corrected chi connectivity index (χ3v) is 5.68. The van der Waals surface area contributed by atoms with Gasteiger partial charge in [0.1, 0.15) is 23.2 Å². The van der Waals surface area contributed by atoms with E-state index in [1.807, 2.05) is 6.07 Å². The number of nitrogens with zero attached hydrogens (tertiary/aromatic N) is 1. The fraction of sp³-hybridized carbons (Fsp3) is 0.438. The van der Waals surface area contributed by atoms with Crippen LogP contribution < -0.4 is 10.1 Å². The molecule has 128 valence electrons. The number of carboxylic acids is 1. The number of hydrogen-bond acceptors (Lipinski definition) is 5. The van der Waals surface area contributed by atoms with Gasteiger partial charge in [-0.05, 0) is 26.0 Å². The molecule has 0 saturated carbocycles. The summed E-state index contributed by atoms with van der Waals surface area (Å²) in [7, 11) is 0. The van der Waals surface area contributed by atoms with Crippen LogP contribution in [-0.4, -0.2) is 56.6 Å². The van der Waals surface area contributed by atoms with Crippen molar-refractivity contribution in [2.24, 2.45) is 0 Å². The number of fused-ring (bicyclic) bond motifs is 1. The molecule has 0 bridgehead atoms. The Morgan fingerprint density at radius 2 is 2.00 bits per heavy atom. The molecule has 1 aromatic rings. The second-order valence-corrected chi connectivity index (χ2v) is 8.02. The lowest BCUT2D eigenvalue weighted by Crippen LogP contribution is -2.70. The van der Waals surface area contributed by atoms with Crippen LogP contribution in [0.1, 0.15) is 13.8 Å². The highest BCUT2D eigenvalue weighted by molar-refractivity contribution is 8.01. The summed E-state index contributed by atoms with van der Waals surface area (Å²) in [5.41, 5.74) is 0. The number of rotatable bonds is 5. The number of β-lactam (4-membered cyclic amide) rings is 1. The highest BCUT2D eigenvalue weighted by Crippen LogP contribution is 2.50. The number of hydrogen-bond donors (Lipinski definition) is 2. The molecule has 0 radical (unpaired) electrons. The summed E-state index contributed by atoms with van der Waals surface area (Å²) in [6, 6.07) is 7.31. The SMILES string of the molecule is CC1(C)S[C@@H]2C(NC(=O)COc3ccccc3)C(=O)N2[C@H]1C(=O)O. The Hall–Kier alpha value is -2.22. The number of carbonyl (C=O) groups is 3. The van der Waals surface area contributed by atoms with E-state index >= 15 is 0 Å². The third kappa shape index (κ3) is 2.82. The predicted molar refractivity (Wildman–Crippen MR) is 87.6 cm³/mol. The van der Waals surface area contributed by atoms with Crippen molar-refractivity contribution in [1.29, 1.82) is 0 Å². The highest BCUT2D eigenvalue weighted by Gasteiger charge is 2.64. The van der Waals surface area contributed by atoms with Crippen LogP contribution in [0.3, 0.4) is 0 Å². The Bertz CT molecular complexity index is 678. The number of aliphatic carboxylic acids is 1. The second kappa shape index (κ2) is 6.01. The lowest BCUT2D eigenvalue weighted by molar-refractivity contribution is -0.161. The average Bonchev–Trinajstić information content (AvgIpc) is 2.80. The van der Waals surface area contributed by atoms with Gasteiger partial charge in [-0.25, -0.2) is 4.79 Å². The van der Waals surface area contributed by atoms with E-state index < -0.39 is 28.7 Å². The maximum atomic E-state index is 12.2. The van der Waals surface area contributed by atoms with Crippen molar-refractivity contribution < 1.29 is 24.2 Å². The van der Waals surface area contributed by atoms with Crippen molar-refractivity contribution in [1.82, 2.24) is 10.2 Å². The first kappa shape index (κ1) is 16.6. The van der Waals surface area contributed by atoms with Crippen LogP contribution in [0.25, 0.3) is 0 Å². The first-order valence-electron chi connectivity index (χ1n) is 7.51. The monoisotopic (exact) mass is 350 g/mol. The number of carbonyl (C=O) groups excluding carboxylic acids is 2. The van der Waals surface area contributed by atoms with E-state index in [9.17, 15) is 19.5 Å². The number of para-hydroxylation sites is 1. The van der Waals surface area contributed by atoms with Gasteiger partial charge in [0.15, 0.2) is 6.61 Å². The maximum Gasteiger partial charge on any atom is 0.327 e. The zero-order chi connectivity index (χ0) is 17.5. The Labute approximate surface area is 143 Å². The molecule has 0 aliphatic carbocycles. The molecule has 1 aromatic carbocycles. The lowest BCUT2D eigenvalue weighted by atomic mass is 9.96. The molecule has 2 fully saturated rings. The maximum absolute atomic E-state index is 12.2. The molecule has 1 unspecified atom stereocenters. The minimum atomic E-state index is -1.03. The van der Waals surface area contributed by atoms with Crippen molar-refractivity contribution >= 4 is 29.5 Å². The fourth-order valence-corrected chi connectivity index (χ4v) is 4.65. The van der Waals surface area contributed by atoms with Gasteiger partial charge < -0.3 is 20.1 Å². The number of ether oxygens (including phenoxy) is 1. The molecule has 2 aliphatic rings. The minimum absolute atomic E-state index is 0.197. The molecular weight excluding hydrogens is 332 g/mol. The van der Waals surface area contributed by atoms with E-state index in [-0.39, 0.29) is 17.9 Å². The molecule has 3 rings (SSSR count). The van der Waals surface area contributed by atoms with Gasteiger partial charge in [0.05, 0.1) is 0 Å². The van der Waals surface area contributed by atoms with E-state index in [0.29, 0.717) is 5.75 Å². The largest absolute Gasteiger partial charge is 0.484 e. The summed E-state index contributed by atoms with van der Waals surface area (Å²) in [5, 5.41) is 11.6. The molecular formula is C16H18N2O5S. The summed E-state index contributed by atoms with van der Waals surface area (Å²) in [5.74, 6) is -1.23. The van der Waals surface area contributed by atoms with Gasteiger partial charge in [0.25, 0.3) is 5.91 Å². The van der Waals surface area contributed by atoms with E-state index in [2.05, 4.69) is 5.32 Å². The van der Waals surface area contributed by atoms with Gasteiger partial charge >= 0.3 is 5.97 Å². The molecule has 2 heterocycles. The molecule has 0 spiro atoms. The number of thioether (sulfide) groups is 1. The van der Waals surface area contributed by atoms with Gasteiger partial charge in [-0.1, -0.05) is 18.2 Å². The van der Waals surface area contributed by atoms with Crippen LogP contribution in [-0.2, 0) is 14.4 Å². The molecule has 2 saturated heterocycles. The molecule has 3 atom stereocenters. The normalized spacial score (nSPS) is 27.2. The van der Waals surface area contributed by atoms with Crippen LogP contribution in [0.2, 0.25) is 0 Å². The first-order valence-corrected chi connectivity index (χ1v) is 8.39. The van der Waals surface area contributed by atoms with Crippen LogP contribution in [0, 0.1) is 0 Å². The van der Waals surface area contributed by atoms with Gasteiger partial charge in [0.2, 0.25) is 5.91 Å². The summed E-state index contributed by atoms with van der Waals surface area (Å²) in [6.07, 6.45) is 0. The van der Waals surface area contributed by atoms with E-state index in [1.165, 1.54) is 16.7 Å². The zero-order valence-electron chi connectivity index (χ0n) is 13.3. The number of amides is 2. The van der Waals surface area contributed by atoms with E-state index in [4.69, 9.17) is 4.74 Å². The number of carboxylic acid groups (broad SMARTS) is 1. The quantitative estimate of drug-likeness (QED) is 0.759. The zero-order valence-corrected chi connectivity index (χ0v) is 14.1. The summed E-state index contributed by atoms with van der Waals surface area (Å²) in [6.45, 7) is 3.38. The topological polar surface area (TPSA) is 95.9 Å². The minimum Gasteiger partial charge on any atom is -0.484 e. The first-order chi connectivity index (χ1) is 11.3.